The van der Waals surface area contributed by atoms with Gasteiger partial charge >= 0.3 is 0 Å². The molecular weight excluding hydrogens is 368 g/mol. The van der Waals surface area contributed by atoms with Crippen molar-refractivity contribution < 1.29 is 19.0 Å². The third-order valence-corrected chi connectivity index (χ3v) is 5.57. The monoisotopic (exact) mass is 394 g/mol. The number of carbonyl (C=O) groups is 1. The maximum Gasteiger partial charge on any atom is 0.274 e. The Labute approximate surface area is 171 Å². The lowest BCUT2D eigenvalue weighted by atomic mass is 9.83. The predicted octanol–water partition coefficient (Wildman–Crippen LogP) is 4.07. The summed E-state index contributed by atoms with van der Waals surface area (Å²) in [6, 6.07) is 14.7. The van der Waals surface area contributed by atoms with E-state index in [-0.39, 0.29) is 23.5 Å². The molecule has 6 heteroatoms. The Hall–Kier alpha value is -2.86. The Morgan fingerprint density at radius 2 is 1.62 bits per heavy atom. The Kier molecular flexibility index (Phi) is 5.04. The van der Waals surface area contributed by atoms with E-state index in [1.165, 1.54) is 0 Å². The minimum atomic E-state index is -0.279. The van der Waals surface area contributed by atoms with Gasteiger partial charge in [0.05, 0.1) is 32.5 Å². The molecule has 6 nitrogen and oxygen atoms in total. The normalized spacial score (nSPS) is 22.6. The van der Waals surface area contributed by atoms with Crippen LogP contribution in [0.1, 0.15) is 42.2 Å². The Balaban J connectivity index is 1.70. The summed E-state index contributed by atoms with van der Waals surface area (Å²) in [5.74, 6) is 1.40. The summed E-state index contributed by atoms with van der Waals surface area (Å²) in [6.07, 6.45) is 0.705. The topological polar surface area (TPSA) is 60.4 Å². The van der Waals surface area contributed by atoms with E-state index in [4.69, 9.17) is 19.3 Å². The summed E-state index contributed by atoms with van der Waals surface area (Å²) in [5.41, 5.74) is 2.33. The maximum absolute atomic E-state index is 13.4. The molecule has 0 aromatic heterocycles. The van der Waals surface area contributed by atoms with Crippen molar-refractivity contribution in [2.75, 3.05) is 20.8 Å². The molecule has 152 valence electrons. The quantitative estimate of drug-likeness (QED) is 0.784. The number of fused-ring (bicyclic) bond motifs is 1. The molecule has 29 heavy (non-hydrogen) atoms. The van der Waals surface area contributed by atoms with Crippen LogP contribution in [0.15, 0.2) is 53.6 Å². The Bertz CT molecular complexity index is 919. The van der Waals surface area contributed by atoms with E-state index >= 15 is 0 Å². The van der Waals surface area contributed by atoms with Crippen LogP contribution in [0.4, 0.5) is 0 Å². The van der Waals surface area contributed by atoms with Crippen molar-refractivity contribution in [2.24, 2.45) is 11.0 Å². The molecule has 0 aliphatic carbocycles. The van der Waals surface area contributed by atoms with E-state index in [1.54, 1.807) is 43.5 Å². The summed E-state index contributed by atoms with van der Waals surface area (Å²) in [6.45, 7) is 4.65. The highest BCUT2D eigenvalue weighted by Gasteiger charge is 2.46. The Morgan fingerprint density at radius 1 is 1.03 bits per heavy atom. The number of nitrogens with zero attached hydrogens (tertiary/aromatic N) is 2. The van der Waals surface area contributed by atoms with Gasteiger partial charge < -0.3 is 14.2 Å². The van der Waals surface area contributed by atoms with Crippen molar-refractivity contribution >= 4 is 11.6 Å². The molecule has 2 aromatic carbocycles. The highest BCUT2D eigenvalue weighted by atomic mass is 16.5. The van der Waals surface area contributed by atoms with Gasteiger partial charge in [-0.2, -0.15) is 5.10 Å². The van der Waals surface area contributed by atoms with E-state index < -0.39 is 0 Å². The van der Waals surface area contributed by atoms with Gasteiger partial charge in [0.15, 0.2) is 0 Å². The summed E-state index contributed by atoms with van der Waals surface area (Å²) in [4.78, 5) is 13.4. The van der Waals surface area contributed by atoms with Crippen LogP contribution in [-0.2, 0) is 4.74 Å². The minimum Gasteiger partial charge on any atom is -0.497 e. The molecule has 2 aliphatic heterocycles. The van der Waals surface area contributed by atoms with Gasteiger partial charge in [0.25, 0.3) is 5.91 Å². The van der Waals surface area contributed by atoms with E-state index in [9.17, 15) is 4.79 Å². The van der Waals surface area contributed by atoms with Gasteiger partial charge in [-0.25, -0.2) is 5.01 Å². The third-order valence-electron chi connectivity index (χ3n) is 5.57. The summed E-state index contributed by atoms with van der Waals surface area (Å²) in [5, 5.41) is 6.40. The van der Waals surface area contributed by atoms with Crippen LogP contribution in [0, 0.1) is 5.92 Å². The fourth-order valence-electron chi connectivity index (χ4n) is 4.00. The van der Waals surface area contributed by atoms with Gasteiger partial charge in [-0.1, -0.05) is 12.1 Å². The maximum atomic E-state index is 13.4. The van der Waals surface area contributed by atoms with Crippen LogP contribution >= 0.6 is 0 Å². The van der Waals surface area contributed by atoms with E-state index in [2.05, 4.69) is 13.8 Å². The van der Waals surface area contributed by atoms with Crippen LogP contribution in [0.5, 0.6) is 11.5 Å². The molecule has 1 fully saturated rings. The van der Waals surface area contributed by atoms with Crippen LogP contribution in [0.25, 0.3) is 0 Å². The molecule has 2 atom stereocenters. The second-order valence-electron chi connectivity index (χ2n) is 8.04. The van der Waals surface area contributed by atoms with Gasteiger partial charge in [-0.15, -0.1) is 0 Å². The molecule has 0 unspecified atom stereocenters. The number of amides is 1. The highest BCUT2D eigenvalue weighted by molar-refractivity contribution is 5.99. The second kappa shape index (κ2) is 7.52. The minimum absolute atomic E-state index is 0.0404. The molecular formula is C23H26N2O4. The van der Waals surface area contributed by atoms with Gasteiger partial charge in [-0.05, 0) is 55.8 Å². The van der Waals surface area contributed by atoms with Gasteiger partial charge in [0.1, 0.15) is 11.5 Å². The third kappa shape index (κ3) is 3.72. The lowest BCUT2D eigenvalue weighted by Gasteiger charge is -2.36. The zero-order chi connectivity index (χ0) is 20.6. The van der Waals surface area contributed by atoms with Gasteiger partial charge in [0, 0.05) is 23.6 Å². The van der Waals surface area contributed by atoms with Crippen molar-refractivity contribution in [1.29, 1.82) is 0 Å². The summed E-state index contributed by atoms with van der Waals surface area (Å²) >= 11 is 0. The number of ether oxygens (including phenoxy) is 3. The standard InChI is InChI=1S/C23H26N2O4/c1-23(2)13-20-19(14-29-23)21(15-5-9-17(27-3)10-6-15)25(24-20)22(26)16-7-11-18(28-4)12-8-16/h5-12,19,21H,13-14H2,1-4H3/t19-,21-/m0/s1. The number of methoxy groups -OCH3 is 2. The van der Waals surface area contributed by atoms with E-state index in [0.29, 0.717) is 24.3 Å². The molecule has 0 radical (unpaired) electrons. The summed E-state index contributed by atoms with van der Waals surface area (Å²) < 4.78 is 16.6. The first-order valence-electron chi connectivity index (χ1n) is 9.75. The van der Waals surface area contributed by atoms with Crippen LogP contribution in [0.3, 0.4) is 0 Å². The molecule has 1 saturated heterocycles. The molecule has 2 heterocycles. The van der Waals surface area contributed by atoms with Crippen LogP contribution in [-0.4, -0.2) is 43.1 Å². The smallest absolute Gasteiger partial charge is 0.274 e. The average molecular weight is 394 g/mol. The number of benzene rings is 2. The molecule has 1 amide bonds. The fraction of sp³-hybridized carbons (Fsp3) is 0.391. The van der Waals surface area contributed by atoms with Crippen molar-refractivity contribution in [2.45, 2.75) is 31.9 Å². The SMILES string of the molecule is COc1ccc(C(=O)N2N=C3CC(C)(C)OC[C@@H]3[C@@H]2c2ccc(OC)cc2)cc1. The van der Waals surface area contributed by atoms with Gasteiger partial charge in [0.2, 0.25) is 0 Å². The lowest BCUT2D eigenvalue weighted by molar-refractivity contribution is -0.0424. The fourth-order valence-corrected chi connectivity index (χ4v) is 4.00. The average Bonchev–Trinajstić information content (AvgIpc) is 3.10. The predicted molar refractivity (Wildman–Crippen MR) is 110 cm³/mol. The number of hydrazone groups is 1. The first kappa shape index (κ1) is 19.5. The van der Waals surface area contributed by atoms with Gasteiger partial charge in [-0.3, -0.25) is 4.79 Å². The molecule has 2 aromatic rings. The van der Waals surface area contributed by atoms with Crippen LogP contribution in [0.2, 0.25) is 0 Å². The zero-order valence-corrected chi connectivity index (χ0v) is 17.2. The first-order chi connectivity index (χ1) is 13.9. The molecule has 2 aliphatic rings. The van der Waals surface area contributed by atoms with E-state index in [1.807, 2.05) is 24.3 Å². The van der Waals surface area contributed by atoms with Crippen molar-refractivity contribution in [3.05, 3.63) is 59.7 Å². The van der Waals surface area contributed by atoms with Crippen molar-refractivity contribution in [3.8, 4) is 11.5 Å². The molecule has 0 bridgehead atoms. The largest absolute Gasteiger partial charge is 0.497 e. The highest BCUT2D eigenvalue weighted by Crippen LogP contribution is 2.42. The number of hydrogen-bond donors (Lipinski definition) is 0. The van der Waals surface area contributed by atoms with Crippen molar-refractivity contribution in [3.63, 3.8) is 0 Å². The number of rotatable bonds is 4. The van der Waals surface area contributed by atoms with Crippen molar-refractivity contribution in [1.82, 2.24) is 5.01 Å². The first-order valence-corrected chi connectivity index (χ1v) is 9.75. The summed E-state index contributed by atoms with van der Waals surface area (Å²) in [7, 11) is 3.25. The molecule has 4 rings (SSSR count). The second-order valence-corrected chi connectivity index (χ2v) is 8.04. The zero-order valence-electron chi connectivity index (χ0n) is 17.2. The molecule has 0 saturated carbocycles. The lowest BCUT2D eigenvalue weighted by Crippen LogP contribution is -2.41. The van der Waals surface area contributed by atoms with E-state index in [0.717, 1.165) is 17.0 Å². The number of hydrogen-bond acceptors (Lipinski definition) is 5. The molecule has 0 N–H and O–H groups in total. The Morgan fingerprint density at radius 3 is 2.21 bits per heavy atom. The number of carbonyl (C=O) groups excluding carboxylic acids is 1. The van der Waals surface area contributed by atoms with Crippen LogP contribution < -0.4 is 9.47 Å². The molecule has 0 spiro atoms.